The minimum atomic E-state index is 0. The Hall–Kier alpha value is -1.61. The van der Waals surface area contributed by atoms with Crippen molar-refractivity contribution in [3.63, 3.8) is 0 Å². The Labute approximate surface area is 181 Å². The summed E-state index contributed by atoms with van der Waals surface area (Å²) in [7, 11) is 0. The Balaban J connectivity index is 0.00000210. The van der Waals surface area contributed by atoms with Crippen LogP contribution in [0.3, 0.4) is 0 Å². The number of rotatable bonds is 4. The molecule has 2 aliphatic rings. The first-order valence-electron chi connectivity index (χ1n) is 9.00. The fourth-order valence-electron chi connectivity index (χ4n) is 3.48. The minimum absolute atomic E-state index is 0. The van der Waals surface area contributed by atoms with Gasteiger partial charge in [0.25, 0.3) is 0 Å². The quantitative estimate of drug-likeness (QED) is 0.399. The van der Waals surface area contributed by atoms with Crippen molar-refractivity contribution in [2.45, 2.75) is 18.3 Å². The van der Waals surface area contributed by atoms with Crippen molar-refractivity contribution in [3.8, 4) is 0 Å². The Morgan fingerprint density at radius 3 is 2.37 bits per heavy atom. The number of piperazine rings is 1. The van der Waals surface area contributed by atoms with Crippen molar-refractivity contribution in [3.05, 3.63) is 53.3 Å². The molecule has 1 saturated carbocycles. The third kappa shape index (κ3) is 4.45. The Morgan fingerprint density at radius 2 is 1.74 bits per heavy atom. The predicted octanol–water partition coefficient (Wildman–Crippen LogP) is 2.92. The van der Waals surface area contributed by atoms with Crippen LogP contribution in [0, 0.1) is 0 Å². The van der Waals surface area contributed by atoms with Gasteiger partial charge in [-0.2, -0.15) is 0 Å². The van der Waals surface area contributed by atoms with Crippen LogP contribution >= 0.6 is 35.6 Å². The number of nitrogens with zero attached hydrogens (tertiary/aromatic N) is 5. The molecule has 2 N–H and O–H groups in total. The SMILES string of the molecule is I.NC(=NCC1(c2ccccc2Cl)CC1)N1CCN(c2ncccn2)CC1. The van der Waals surface area contributed by atoms with E-state index in [1.165, 1.54) is 5.56 Å². The maximum Gasteiger partial charge on any atom is 0.225 e. The molecule has 1 saturated heterocycles. The molecule has 0 spiro atoms. The number of anilines is 1. The Bertz CT molecular complexity index is 788. The summed E-state index contributed by atoms with van der Waals surface area (Å²) in [6, 6.07) is 9.90. The van der Waals surface area contributed by atoms with Gasteiger partial charge < -0.3 is 15.5 Å². The molecule has 2 fully saturated rings. The molecular weight excluding hydrogens is 475 g/mol. The van der Waals surface area contributed by atoms with Gasteiger partial charge in [-0.1, -0.05) is 29.8 Å². The van der Waals surface area contributed by atoms with Gasteiger partial charge in [0.15, 0.2) is 5.96 Å². The first kappa shape index (κ1) is 20.1. The van der Waals surface area contributed by atoms with Gasteiger partial charge in [0.1, 0.15) is 0 Å². The van der Waals surface area contributed by atoms with Crippen LogP contribution in [0.1, 0.15) is 18.4 Å². The molecule has 2 aromatic rings. The molecule has 1 aromatic heterocycles. The van der Waals surface area contributed by atoms with E-state index in [-0.39, 0.29) is 29.4 Å². The lowest BCUT2D eigenvalue weighted by Crippen LogP contribution is -2.51. The molecule has 0 unspecified atom stereocenters. The lowest BCUT2D eigenvalue weighted by molar-refractivity contribution is 0.377. The Morgan fingerprint density at radius 1 is 1.07 bits per heavy atom. The van der Waals surface area contributed by atoms with Crippen LogP contribution in [0.15, 0.2) is 47.7 Å². The molecule has 0 amide bonds. The van der Waals surface area contributed by atoms with E-state index in [2.05, 4.69) is 25.8 Å². The van der Waals surface area contributed by atoms with Gasteiger partial charge >= 0.3 is 0 Å². The molecule has 144 valence electrons. The van der Waals surface area contributed by atoms with Gasteiger partial charge in [0.2, 0.25) is 5.95 Å². The summed E-state index contributed by atoms with van der Waals surface area (Å²) in [5.74, 6) is 1.40. The number of guanidine groups is 1. The highest BCUT2D eigenvalue weighted by molar-refractivity contribution is 14.0. The van der Waals surface area contributed by atoms with Crippen LogP contribution in [-0.4, -0.2) is 53.6 Å². The highest BCUT2D eigenvalue weighted by Gasteiger charge is 2.45. The first-order valence-corrected chi connectivity index (χ1v) is 9.38. The zero-order valence-electron chi connectivity index (χ0n) is 15.1. The van der Waals surface area contributed by atoms with E-state index in [1.54, 1.807) is 12.4 Å². The van der Waals surface area contributed by atoms with Crippen LogP contribution in [-0.2, 0) is 5.41 Å². The topological polar surface area (TPSA) is 70.6 Å². The van der Waals surface area contributed by atoms with Gasteiger partial charge in [-0.25, -0.2) is 9.97 Å². The molecule has 0 atom stereocenters. The van der Waals surface area contributed by atoms with Gasteiger partial charge in [0.05, 0.1) is 6.54 Å². The number of halogens is 2. The standard InChI is InChI=1S/C19H23ClN6.HI/c20-16-5-2-1-4-15(16)19(6-7-19)14-24-17(21)25-10-12-26(13-11-25)18-22-8-3-9-23-18;/h1-5,8-9H,6-7,10-14H2,(H2,21,24);1H. The molecule has 1 aliphatic carbocycles. The number of aliphatic imine (C=N–C) groups is 1. The molecular formula is C19H24ClIN6. The van der Waals surface area contributed by atoms with Crippen LogP contribution in [0.5, 0.6) is 0 Å². The van der Waals surface area contributed by atoms with Crippen LogP contribution < -0.4 is 10.6 Å². The lowest BCUT2D eigenvalue weighted by Gasteiger charge is -2.35. The van der Waals surface area contributed by atoms with Crippen molar-refractivity contribution < 1.29 is 0 Å². The Kier molecular flexibility index (Phi) is 6.41. The highest BCUT2D eigenvalue weighted by atomic mass is 127. The summed E-state index contributed by atoms with van der Waals surface area (Å²) in [5.41, 5.74) is 7.55. The van der Waals surface area contributed by atoms with Gasteiger partial charge in [-0.05, 0) is 30.5 Å². The molecule has 2 heterocycles. The second-order valence-electron chi connectivity index (χ2n) is 6.96. The van der Waals surface area contributed by atoms with E-state index in [4.69, 9.17) is 22.3 Å². The summed E-state index contributed by atoms with van der Waals surface area (Å²) in [4.78, 5) is 17.7. The third-order valence-corrected chi connectivity index (χ3v) is 5.61. The van der Waals surface area contributed by atoms with Crippen molar-refractivity contribution in [1.29, 1.82) is 0 Å². The molecule has 0 bridgehead atoms. The number of nitrogens with two attached hydrogens (primary N) is 1. The average molecular weight is 499 g/mol. The summed E-state index contributed by atoms with van der Waals surface area (Å²) < 4.78 is 0. The highest BCUT2D eigenvalue weighted by Crippen LogP contribution is 2.50. The second-order valence-corrected chi connectivity index (χ2v) is 7.36. The third-order valence-electron chi connectivity index (χ3n) is 5.28. The zero-order valence-corrected chi connectivity index (χ0v) is 18.2. The van der Waals surface area contributed by atoms with Gasteiger partial charge in [-0.15, -0.1) is 24.0 Å². The molecule has 0 radical (unpaired) electrons. The fraction of sp³-hybridized carbons (Fsp3) is 0.421. The summed E-state index contributed by atoms with van der Waals surface area (Å²) in [6.45, 7) is 4.04. The maximum absolute atomic E-state index is 6.38. The van der Waals surface area contributed by atoms with Crippen molar-refractivity contribution in [2.24, 2.45) is 10.7 Å². The normalized spacial score (nSPS) is 18.8. The van der Waals surface area contributed by atoms with Crippen molar-refractivity contribution >= 4 is 47.5 Å². The molecule has 1 aliphatic heterocycles. The van der Waals surface area contributed by atoms with Gasteiger partial charge in [0, 0.05) is 49.0 Å². The molecule has 27 heavy (non-hydrogen) atoms. The van der Waals surface area contributed by atoms with E-state index in [0.717, 1.165) is 50.0 Å². The van der Waals surface area contributed by atoms with Crippen molar-refractivity contribution in [2.75, 3.05) is 37.6 Å². The monoisotopic (exact) mass is 498 g/mol. The first-order chi connectivity index (χ1) is 12.7. The van der Waals surface area contributed by atoms with Crippen LogP contribution in [0.25, 0.3) is 0 Å². The van der Waals surface area contributed by atoms with E-state index in [1.807, 2.05) is 24.3 Å². The average Bonchev–Trinajstić information content (AvgIpc) is 3.48. The lowest BCUT2D eigenvalue weighted by atomic mass is 9.96. The molecule has 4 rings (SSSR count). The van der Waals surface area contributed by atoms with E-state index >= 15 is 0 Å². The number of hydrogen-bond acceptors (Lipinski definition) is 4. The molecule has 1 aromatic carbocycles. The molecule has 8 heteroatoms. The fourth-order valence-corrected chi connectivity index (χ4v) is 3.81. The number of hydrogen-bond donors (Lipinski definition) is 1. The summed E-state index contributed by atoms with van der Waals surface area (Å²) in [6.07, 6.45) is 5.78. The van der Waals surface area contributed by atoms with Crippen LogP contribution in [0.2, 0.25) is 5.02 Å². The largest absolute Gasteiger partial charge is 0.370 e. The molecule has 6 nitrogen and oxygen atoms in total. The van der Waals surface area contributed by atoms with Crippen LogP contribution in [0.4, 0.5) is 5.95 Å². The summed E-state index contributed by atoms with van der Waals surface area (Å²) in [5, 5.41) is 0.829. The zero-order chi connectivity index (χ0) is 18.0. The summed E-state index contributed by atoms with van der Waals surface area (Å²) >= 11 is 6.38. The second kappa shape index (κ2) is 8.60. The minimum Gasteiger partial charge on any atom is -0.370 e. The van der Waals surface area contributed by atoms with E-state index < -0.39 is 0 Å². The predicted molar refractivity (Wildman–Crippen MR) is 120 cm³/mol. The van der Waals surface area contributed by atoms with Crippen molar-refractivity contribution in [1.82, 2.24) is 14.9 Å². The van der Waals surface area contributed by atoms with Gasteiger partial charge in [-0.3, -0.25) is 4.99 Å². The van der Waals surface area contributed by atoms with E-state index in [0.29, 0.717) is 12.5 Å². The number of benzene rings is 1. The maximum atomic E-state index is 6.38. The number of aromatic nitrogens is 2. The van der Waals surface area contributed by atoms with E-state index in [9.17, 15) is 0 Å². The smallest absolute Gasteiger partial charge is 0.225 e.